The van der Waals surface area contributed by atoms with Gasteiger partial charge >= 0.3 is 0 Å². The minimum Gasteiger partial charge on any atom is -0.355 e. The standard InChI is InChI=1S/C19H26ClN3O2/c20-14-7-9-15(10-8-14)22-18(24)6-3-11-21-19(25)17-12-13-4-1-2-5-16(13)23-17/h7-10,13,16-17,23H,1-6,11-12H2,(H,21,25)(H,22,24). The van der Waals surface area contributed by atoms with Crippen LogP contribution in [0.4, 0.5) is 5.69 Å². The largest absolute Gasteiger partial charge is 0.355 e. The van der Waals surface area contributed by atoms with Gasteiger partial charge in [-0.15, -0.1) is 0 Å². The van der Waals surface area contributed by atoms with Crippen molar-refractivity contribution in [3.8, 4) is 0 Å². The van der Waals surface area contributed by atoms with E-state index >= 15 is 0 Å². The lowest BCUT2D eigenvalue weighted by Gasteiger charge is -2.24. The van der Waals surface area contributed by atoms with E-state index in [4.69, 9.17) is 11.6 Å². The average Bonchev–Trinajstić information content (AvgIpc) is 3.05. The van der Waals surface area contributed by atoms with Crippen LogP contribution in [0.25, 0.3) is 0 Å². The Labute approximate surface area is 153 Å². The number of fused-ring (bicyclic) bond motifs is 1. The molecule has 1 aromatic rings. The molecule has 136 valence electrons. The van der Waals surface area contributed by atoms with Gasteiger partial charge in [0.2, 0.25) is 11.8 Å². The SMILES string of the molecule is O=C(CCCNC(=O)C1CC2CCCCC2N1)Nc1ccc(Cl)cc1. The van der Waals surface area contributed by atoms with Crippen LogP contribution < -0.4 is 16.0 Å². The van der Waals surface area contributed by atoms with Crippen molar-refractivity contribution in [1.29, 1.82) is 0 Å². The number of rotatable bonds is 6. The number of anilines is 1. The Kier molecular flexibility index (Phi) is 6.32. The number of benzene rings is 1. The Morgan fingerprint density at radius 1 is 1.16 bits per heavy atom. The predicted molar refractivity (Wildman–Crippen MR) is 99.6 cm³/mol. The highest BCUT2D eigenvalue weighted by atomic mass is 35.5. The van der Waals surface area contributed by atoms with Gasteiger partial charge in [0.25, 0.3) is 0 Å². The number of hydrogen-bond donors (Lipinski definition) is 3. The average molecular weight is 364 g/mol. The van der Waals surface area contributed by atoms with Gasteiger partial charge in [0, 0.05) is 29.7 Å². The minimum absolute atomic E-state index is 0.0541. The van der Waals surface area contributed by atoms with Crippen molar-refractivity contribution in [3.05, 3.63) is 29.3 Å². The van der Waals surface area contributed by atoms with E-state index in [1.165, 1.54) is 25.7 Å². The van der Waals surface area contributed by atoms with Gasteiger partial charge in [0.15, 0.2) is 0 Å². The number of carbonyl (C=O) groups excluding carboxylic acids is 2. The summed E-state index contributed by atoms with van der Waals surface area (Å²) >= 11 is 5.82. The topological polar surface area (TPSA) is 70.2 Å². The molecule has 0 bridgehead atoms. The van der Waals surface area contributed by atoms with Crippen molar-refractivity contribution in [3.63, 3.8) is 0 Å². The van der Waals surface area contributed by atoms with E-state index < -0.39 is 0 Å². The van der Waals surface area contributed by atoms with Crippen LogP contribution in [-0.2, 0) is 9.59 Å². The van der Waals surface area contributed by atoms with Gasteiger partial charge < -0.3 is 16.0 Å². The molecule has 2 fully saturated rings. The number of hydrogen-bond acceptors (Lipinski definition) is 3. The van der Waals surface area contributed by atoms with Crippen LogP contribution in [-0.4, -0.2) is 30.4 Å². The zero-order valence-corrected chi connectivity index (χ0v) is 15.1. The Balaban J connectivity index is 1.32. The fraction of sp³-hybridized carbons (Fsp3) is 0.579. The summed E-state index contributed by atoms with van der Waals surface area (Å²) in [6, 6.07) is 7.49. The number of halogens is 1. The van der Waals surface area contributed by atoms with Crippen LogP contribution in [0.15, 0.2) is 24.3 Å². The van der Waals surface area contributed by atoms with Crippen molar-refractivity contribution < 1.29 is 9.59 Å². The van der Waals surface area contributed by atoms with Gasteiger partial charge in [-0.3, -0.25) is 9.59 Å². The van der Waals surface area contributed by atoms with Crippen molar-refractivity contribution in [2.75, 3.05) is 11.9 Å². The number of amides is 2. The van der Waals surface area contributed by atoms with Gasteiger partial charge in [-0.05, 0) is 55.9 Å². The molecular formula is C19H26ClN3O2. The quantitative estimate of drug-likeness (QED) is 0.680. The molecule has 6 heteroatoms. The summed E-state index contributed by atoms with van der Waals surface area (Å²) in [5.74, 6) is 0.684. The molecule has 3 atom stereocenters. The summed E-state index contributed by atoms with van der Waals surface area (Å²) in [5.41, 5.74) is 0.733. The zero-order chi connectivity index (χ0) is 17.6. The molecule has 3 rings (SSSR count). The third-order valence-electron chi connectivity index (χ3n) is 5.19. The first kappa shape index (κ1) is 18.2. The van der Waals surface area contributed by atoms with Crippen LogP contribution in [0.2, 0.25) is 5.02 Å². The Morgan fingerprint density at radius 3 is 2.68 bits per heavy atom. The highest BCUT2D eigenvalue weighted by Gasteiger charge is 2.37. The van der Waals surface area contributed by atoms with Gasteiger partial charge in [-0.25, -0.2) is 0 Å². The first-order valence-corrected chi connectivity index (χ1v) is 9.59. The van der Waals surface area contributed by atoms with Gasteiger partial charge in [-0.1, -0.05) is 24.4 Å². The van der Waals surface area contributed by atoms with Gasteiger partial charge in [0.05, 0.1) is 6.04 Å². The lowest BCUT2D eigenvalue weighted by Crippen LogP contribution is -2.43. The highest BCUT2D eigenvalue weighted by Crippen LogP contribution is 2.33. The van der Waals surface area contributed by atoms with E-state index in [1.807, 2.05) is 0 Å². The fourth-order valence-electron chi connectivity index (χ4n) is 3.86. The van der Waals surface area contributed by atoms with E-state index in [0.29, 0.717) is 36.4 Å². The van der Waals surface area contributed by atoms with Crippen molar-refractivity contribution in [2.45, 2.75) is 57.0 Å². The molecule has 2 aliphatic rings. The number of nitrogens with one attached hydrogen (secondary N) is 3. The Hall–Kier alpha value is -1.59. The molecule has 1 saturated carbocycles. The molecule has 0 aromatic heterocycles. The van der Waals surface area contributed by atoms with E-state index in [1.54, 1.807) is 24.3 Å². The van der Waals surface area contributed by atoms with E-state index in [-0.39, 0.29) is 17.9 Å². The van der Waals surface area contributed by atoms with Crippen molar-refractivity contribution in [2.24, 2.45) is 5.92 Å². The first-order valence-electron chi connectivity index (χ1n) is 9.21. The lowest BCUT2D eigenvalue weighted by atomic mass is 9.85. The molecule has 1 saturated heterocycles. The van der Waals surface area contributed by atoms with Crippen LogP contribution in [0.5, 0.6) is 0 Å². The molecule has 25 heavy (non-hydrogen) atoms. The summed E-state index contributed by atoms with van der Waals surface area (Å²) in [4.78, 5) is 24.2. The molecule has 3 unspecified atom stereocenters. The van der Waals surface area contributed by atoms with E-state index in [2.05, 4.69) is 16.0 Å². The molecule has 0 radical (unpaired) electrons. The number of carbonyl (C=O) groups is 2. The molecule has 1 aliphatic heterocycles. The molecule has 1 aromatic carbocycles. The Morgan fingerprint density at radius 2 is 1.92 bits per heavy atom. The summed E-state index contributed by atoms with van der Waals surface area (Å²) < 4.78 is 0. The molecule has 2 amide bonds. The molecule has 1 heterocycles. The monoisotopic (exact) mass is 363 g/mol. The van der Waals surface area contributed by atoms with E-state index in [0.717, 1.165) is 12.1 Å². The molecule has 0 spiro atoms. The molecule has 3 N–H and O–H groups in total. The highest BCUT2D eigenvalue weighted by molar-refractivity contribution is 6.30. The second kappa shape index (κ2) is 8.68. The van der Waals surface area contributed by atoms with Crippen LogP contribution in [0, 0.1) is 5.92 Å². The predicted octanol–water partition coefficient (Wildman–Crippen LogP) is 3.10. The Bertz CT molecular complexity index is 591. The van der Waals surface area contributed by atoms with Crippen LogP contribution in [0.3, 0.4) is 0 Å². The van der Waals surface area contributed by atoms with Crippen LogP contribution >= 0.6 is 11.6 Å². The summed E-state index contributed by atoms with van der Waals surface area (Å²) in [6.07, 6.45) is 6.96. The second-order valence-electron chi connectivity index (χ2n) is 7.06. The van der Waals surface area contributed by atoms with E-state index in [9.17, 15) is 9.59 Å². The molecule has 1 aliphatic carbocycles. The van der Waals surface area contributed by atoms with Crippen LogP contribution in [0.1, 0.15) is 44.9 Å². The second-order valence-corrected chi connectivity index (χ2v) is 7.49. The first-order chi connectivity index (χ1) is 12.1. The summed E-state index contributed by atoms with van der Waals surface area (Å²) in [5, 5.41) is 9.90. The fourth-order valence-corrected chi connectivity index (χ4v) is 3.99. The third kappa shape index (κ3) is 5.19. The summed E-state index contributed by atoms with van der Waals surface area (Å²) in [7, 11) is 0. The summed E-state index contributed by atoms with van der Waals surface area (Å²) in [6.45, 7) is 0.528. The lowest BCUT2D eigenvalue weighted by molar-refractivity contribution is -0.123. The zero-order valence-electron chi connectivity index (χ0n) is 14.4. The maximum Gasteiger partial charge on any atom is 0.237 e. The van der Waals surface area contributed by atoms with Gasteiger partial charge in [0.1, 0.15) is 0 Å². The normalized spacial score (nSPS) is 25.2. The molecular weight excluding hydrogens is 338 g/mol. The van der Waals surface area contributed by atoms with Gasteiger partial charge in [-0.2, -0.15) is 0 Å². The minimum atomic E-state index is -0.0593. The van der Waals surface area contributed by atoms with Crippen molar-refractivity contribution in [1.82, 2.24) is 10.6 Å². The molecule has 5 nitrogen and oxygen atoms in total. The maximum absolute atomic E-state index is 12.3. The smallest absolute Gasteiger partial charge is 0.237 e. The van der Waals surface area contributed by atoms with Crippen molar-refractivity contribution >= 4 is 29.1 Å². The maximum atomic E-state index is 12.3. The third-order valence-corrected chi connectivity index (χ3v) is 5.44.